The van der Waals surface area contributed by atoms with E-state index >= 15 is 0 Å². The Kier molecular flexibility index (Phi) is 5.08. The molecule has 0 saturated carbocycles. The number of anilines is 1. The van der Waals surface area contributed by atoms with Gasteiger partial charge in [0.2, 0.25) is 0 Å². The van der Waals surface area contributed by atoms with E-state index in [0.29, 0.717) is 16.6 Å². The number of hydrogen-bond acceptors (Lipinski definition) is 5. The summed E-state index contributed by atoms with van der Waals surface area (Å²) in [5.74, 6) is -0.503. The number of halogens is 1. The lowest BCUT2D eigenvalue weighted by molar-refractivity contribution is 0.102. The van der Waals surface area contributed by atoms with Crippen molar-refractivity contribution in [3.05, 3.63) is 53.1 Å². The van der Waals surface area contributed by atoms with Gasteiger partial charge in [-0.15, -0.1) is 0 Å². The predicted octanol–water partition coefficient (Wildman–Crippen LogP) is 4.39. The number of amides is 1. The smallest absolute Gasteiger partial charge is 0.258 e. The number of nitrogens with zero attached hydrogens (tertiary/aromatic N) is 1. The molecule has 2 aromatic carbocycles. The van der Waals surface area contributed by atoms with Crippen molar-refractivity contribution in [3.63, 3.8) is 0 Å². The monoisotopic (exact) mass is 394 g/mol. The number of carbonyl (C=O) groups excluding carboxylic acids is 1. The Morgan fingerprint density at radius 3 is 2.76 bits per heavy atom. The van der Waals surface area contributed by atoms with E-state index in [4.69, 9.17) is 11.6 Å². The number of carbonyl (C=O) groups is 1. The maximum atomic E-state index is 12.6. The Morgan fingerprint density at radius 1 is 1.24 bits per heavy atom. The van der Waals surface area contributed by atoms with Crippen LogP contribution in [0.1, 0.15) is 23.7 Å². The Morgan fingerprint density at radius 2 is 2.00 bits per heavy atom. The van der Waals surface area contributed by atoms with Crippen LogP contribution in [-0.4, -0.2) is 25.1 Å². The summed E-state index contributed by atoms with van der Waals surface area (Å²) in [6.07, 6.45) is 0.483. The molecule has 1 aromatic heterocycles. The van der Waals surface area contributed by atoms with Crippen molar-refractivity contribution in [2.75, 3.05) is 11.1 Å². The molecule has 1 N–H and O–H groups in total. The fraction of sp³-hybridized carbons (Fsp3) is 0.176. The minimum Gasteiger partial charge on any atom is -0.298 e. The van der Waals surface area contributed by atoms with Gasteiger partial charge in [-0.1, -0.05) is 42.0 Å². The second-order valence-corrected chi connectivity index (χ2v) is 8.94. The van der Waals surface area contributed by atoms with Crippen molar-refractivity contribution in [3.8, 4) is 0 Å². The zero-order valence-corrected chi connectivity index (χ0v) is 15.7. The van der Waals surface area contributed by atoms with Gasteiger partial charge < -0.3 is 0 Å². The van der Waals surface area contributed by atoms with E-state index in [2.05, 4.69) is 10.3 Å². The molecule has 8 heteroatoms. The number of aromatic nitrogens is 1. The quantitative estimate of drug-likeness (QED) is 0.696. The molecule has 0 unspecified atom stereocenters. The molecule has 0 aliphatic heterocycles. The van der Waals surface area contributed by atoms with Crippen LogP contribution in [0.5, 0.6) is 0 Å². The molecule has 1 amide bonds. The normalized spacial score (nSPS) is 11.6. The standard InChI is InChI=1S/C17H15ClN2O3S2/c1-2-9-25(22,23)15-6-4-3-5-12(15)16(21)20-17-19-13-8-7-11(18)10-14(13)24-17/h3-8,10H,2,9H2,1H3,(H,19,20,21). The van der Waals surface area contributed by atoms with E-state index in [1.54, 1.807) is 37.3 Å². The number of fused-ring (bicyclic) bond motifs is 1. The molecule has 0 radical (unpaired) electrons. The topological polar surface area (TPSA) is 76.1 Å². The Bertz CT molecular complexity index is 1040. The summed E-state index contributed by atoms with van der Waals surface area (Å²) in [5, 5.41) is 3.66. The van der Waals surface area contributed by atoms with E-state index < -0.39 is 15.7 Å². The number of sulfone groups is 1. The van der Waals surface area contributed by atoms with Crippen LogP contribution in [0.2, 0.25) is 5.02 Å². The van der Waals surface area contributed by atoms with Gasteiger partial charge in [0, 0.05) is 5.02 Å². The predicted molar refractivity (Wildman–Crippen MR) is 101 cm³/mol. The van der Waals surface area contributed by atoms with Gasteiger partial charge in [-0.3, -0.25) is 10.1 Å². The van der Waals surface area contributed by atoms with Crippen LogP contribution in [0.15, 0.2) is 47.4 Å². The summed E-state index contributed by atoms with van der Waals surface area (Å²) in [6, 6.07) is 11.5. The largest absolute Gasteiger partial charge is 0.298 e. The van der Waals surface area contributed by atoms with Crippen molar-refractivity contribution in [1.82, 2.24) is 4.98 Å². The van der Waals surface area contributed by atoms with Crippen LogP contribution in [0.25, 0.3) is 10.2 Å². The number of benzene rings is 2. The van der Waals surface area contributed by atoms with Gasteiger partial charge in [-0.2, -0.15) is 0 Å². The molecule has 0 fully saturated rings. The summed E-state index contributed by atoms with van der Waals surface area (Å²) < 4.78 is 25.6. The molecule has 0 aliphatic rings. The molecule has 3 rings (SSSR count). The molecular weight excluding hydrogens is 380 g/mol. The first-order valence-electron chi connectivity index (χ1n) is 7.60. The lowest BCUT2D eigenvalue weighted by Crippen LogP contribution is -2.17. The highest BCUT2D eigenvalue weighted by Crippen LogP contribution is 2.29. The van der Waals surface area contributed by atoms with E-state index in [-0.39, 0.29) is 16.2 Å². The van der Waals surface area contributed by atoms with Crippen LogP contribution < -0.4 is 5.32 Å². The van der Waals surface area contributed by atoms with Gasteiger partial charge in [0.05, 0.1) is 26.4 Å². The highest BCUT2D eigenvalue weighted by Gasteiger charge is 2.22. The summed E-state index contributed by atoms with van der Waals surface area (Å²) in [4.78, 5) is 17.0. The molecular formula is C17H15ClN2O3S2. The number of nitrogens with one attached hydrogen (secondary N) is 1. The SMILES string of the molecule is CCCS(=O)(=O)c1ccccc1C(=O)Nc1nc2ccc(Cl)cc2s1. The molecule has 130 valence electrons. The van der Waals surface area contributed by atoms with Gasteiger partial charge in [-0.25, -0.2) is 13.4 Å². The van der Waals surface area contributed by atoms with Crippen molar-refractivity contribution in [2.45, 2.75) is 18.2 Å². The van der Waals surface area contributed by atoms with Crippen molar-refractivity contribution < 1.29 is 13.2 Å². The summed E-state index contributed by atoms with van der Waals surface area (Å²) >= 11 is 7.24. The first kappa shape index (κ1) is 17.8. The first-order valence-corrected chi connectivity index (χ1v) is 10.4. The van der Waals surface area contributed by atoms with Gasteiger partial charge in [0.25, 0.3) is 5.91 Å². The number of rotatable bonds is 5. The van der Waals surface area contributed by atoms with Gasteiger partial charge in [0.1, 0.15) is 0 Å². The molecule has 0 atom stereocenters. The van der Waals surface area contributed by atoms with Gasteiger partial charge in [-0.05, 0) is 36.8 Å². The zero-order valence-electron chi connectivity index (χ0n) is 13.3. The van der Waals surface area contributed by atoms with Crippen molar-refractivity contribution in [1.29, 1.82) is 0 Å². The second kappa shape index (κ2) is 7.11. The molecule has 0 bridgehead atoms. The third-order valence-corrected chi connectivity index (χ3v) is 6.65. The van der Waals surface area contributed by atoms with E-state index in [1.807, 2.05) is 0 Å². The molecule has 5 nitrogen and oxygen atoms in total. The average Bonchev–Trinajstić information content (AvgIpc) is 2.96. The Labute approximate surface area is 154 Å². The Balaban J connectivity index is 1.93. The highest BCUT2D eigenvalue weighted by molar-refractivity contribution is 7.91. The fourth-order valence-electron chi connectivity index (χ4n) is 2.42. The maximum absolute atomic E-state index is 12.6. The maximum Gasteiger partial charge on any atom is 0.258 e. The fourth-order valence-corrected chi connectivity index (χ4v) is 5.10. The van der Waals surface area contributed by atoms with Gasteiger partial charge >= 0.3 is 0 Å². The van der Waals surface area contributed by atoms with E-state index in [1.165, 1.54) is 23.5 Å². The zero-order chi connectivity index (χ0) is 18.0. The third-order valence-electron chi connectivity index (χ3n) is 3.51. The molecule has 0 spiro atoms. The third kappa shape index (κ3) is 3.84. The highest BCUT2D eigenvalue weighted by atomic mass is 35.5. The van der Waals surface area contributed by atoms with Gasteiger partial charge in [0.15, 0.2) is 15.0 Å². The first-order chi connectivity index (χ1) is 11.9. The average molecular weight is 395 g/mol. The number of hydrogen-bond donors (Lipinski definition) is 1. The molecule has 0 aliphatic carbocycles. The molecule has 25 heavy (non-hydrogen) atoms. The van der Waals surface area contributed by atoms with E-state index in [0.717, 1.165) is 10.2 Å². The summed E-state index contributed by atoms with van der Waals surface area (Å²) in [5.41, 5.74) is 0.838. The van der Waals surface area contributed by atoms with Crippen molar-refractivity contribution in [2.24, 2.45) is 0 Å². The van der Waals surface area contributed by atoms with E-state index in [9.17, 15) is 13.2 Å². The van der Waals surface area contributed by atoms with Crippen LogP contribution in [0, 0.1) is 0 Å². The molecule has 3 aromatic rings. The molecule has 1 heterocycles. The van der Waals surface area contributed by atoms with Crippen molar-refractivity contribution >= 4 is 54.0 Å². The Hall–Kier alpha value is -1.96. The molecule has 0 saturated heterocycles. The second-order valence-electron chi connectivity index (χ2n) is 5.40. The number of thiazole rings is 1. The summed E-state index contributed by atoms with van der Waals surface area (Å²) in [7, 11) is -3.50. The summed E-state index contributed by atoms with van der Waals surface area (Å²) in [6.45, 7) is 1.78. The minimum atomic E-state index is -3.50. The minimum absolute atomic E-state index is 0.00305. The lowest BCUT2D eigenvalue weighted by Gasteiger charge is -2.09. The lowest BCUT2D eigenvalue weighted by atomic mass is 10.2. The van der Waals surface area contributed by atoms with Crippen LogP contribution in [0.4, 0.5) is 5.13 Å². The van der Waals surface area contributed by atoms with Crippen LogP contribution >= 0.6 is 22.9 Å². The van der Waals surface area contributed by atoms with Crippen LogP contribution in [0.3, 0.4) is 0 Å². The van der Waals surface area contributed by atoms with Crippen LogP contribution in [-0.2, 0) is 9.84 Å².